The number of anilines is 1. The van der Waals surface area contributed by atoms with Crippen molar-refractivity contribution in [3.8, 4) is 0 Å². The molecule has 0 aliphatic carbocycles. The van der Waals surface area contributed by atoms with E-state index < -0.39 is 100.0 Å². The number of rotatable bonds is 10. The Kier molecular flexibility index (Phi) is 12.2. The molecule has 1 unspecified atom stereocenters. The van der Waals surface area contributed by atoms with Crippen LogP contribution in [0.5, 0.6) is 0 Å². The highest BCUT2D eigenvalue weighted by atomic mass is 31.2. The van der Waals surface area contributed by atoms with E-state index in [9.17, 15) is 54.8 Å². The topological polar surface area (TPSA) is 393 Å². The van der Waals surface area contributed by atoms with Gasteiger partial charge in [0.05, 0.1) is 19.3 Å². The maximum atomic E-state index is 12.5. The van der Waals surface area contributed by atoms with Crippen molar-refractivity contribution in [2.24, 2.45) is 0 Å². The van der Waals surface area contributed by atoms with Crippen LogP contribution in [0, 0.1) is 0 Å². The minimum atomic E-state index is -5.77. The normalized spacial score (nSPS) is 35.0. The zero-order valence-electron chi connectivity index (χ0n) is 21.2. The summed E-state index contributed by atoms with van der Waals surface area (Å²) in [5, 5.41) is 81.0. The van der Waals surface area contributed by atoms with Crippen molar-refractivity contribution < 1.29 is 73.6 Å². The highest BCUT2D eigenvalue weighted by molar-refractivity contribution is 7.45. The van der Waals surface area contributed by atoms with E-state index in [0.717, 1.165) is 10.8 Å². The standard InChI is InChI=1S/C18H28N3O16P.2H3N/c19-9-1-2-21(17(31)20-9)15-13(28)12(27)8(35-15)5-34-38(32,33)37-18(16(29)30)3-6(23)10(25)14(36-18)11(26)7(24)4-22;;/h1-2,6-8,10-15,22-28H,3-5H2,(H,29,30)(H,32,33)(H2,19,20,31);2*1H3/t6-,7+,8+,10+,11+,12+,13+,14+,15+,18+;;/m0../s1. The van der Waals surface area contributed by atoms with Gasteiger partial charge >= 0.3 is 5.69 Å². The lowest BCUT2D eigenvalue weighted by molar-refractivity contribution is -0.383. The number of nitrogen functional groups attached to an aromatic ring is 1. The Morgan fingerprint density at radius 3 is 2.42 bits per heavy atom. The Morgan fingerprint density at radius 1 is 1.25 bits per heavy atom. The van der Waals surface area contributed by atoms with Gasteiger partial charge in [-0.3, -0.25) is 13.7 Å². The first-order valence-electron chi connectivity index (χ1n) is 10.9. The van der Waals surface area contributed by atoms with Crippen molar-refractivity contribution >= 4 is 19.6 Å². The molecule has 3 rings (SSSR count). The van der Waals surface area contributed by atoms with Crippen LogP contribution in [0.25, 0.3) is 0 Å². The van der Waals surface area contributed by atoms with E-state index in [4.69, 9.17) is 20.3 Å². The molecule has 232 valence electrons. The number of carboxylic acids is 1. The second-order valence-corrected chi connectivity index (χ2v) is 9.88. The third-order valence-electron chi connectivity index (χ3n) is 5.88. The average Bonchev–Trinajstić information content (AvgIpc) is 3.12. The molecule has 0 radical (unpaired) electrons. The second kappa shape index (κ2) is 13.7. The van der Waals surface area contributed by atoms with Crippen LogP contribution in [0.15, 0.2) is 17.1 Å². The minimum Gasteiger partial charge on any atom is -0.756 e. The van der Waals surface area contributed by atoms with Crippen LogP contribution in [0.2, 0.25) is 0 Å². The molecule has 21 nitrogen and oxygen atoms in total. The number of carbonyl (C=O) groups is 1. The molecule has 2 fully saturated rings. The van der Waals surface area contributed by atoms with E-state index in [1.165, 1.54) is 6.07 Å². The third-order valence-corrected chi connectivity index (χ3v) is 6.87. The Bertz CT molecular complexity index is 1110. The van der Waals surface area contributed by atoms with E-state index in [1.807, 2.05) is 0 Å². The van der Waals surface area contributed by atoms with Crippen molar-refractivity contribution in [3.05, 3.63) is 22.7 Å². The molecule has 0 amide bonds. The van der Waals surface area contributed by atoms with Crippen LogP contribution < -0.4 is 33.7 Å². The number of aromatic nitrogens is 2. The highest BCUT2D eigenvalue weighted by Crippen LogP contribution is 2.48. The minimum absolute atomic E-state index is 0. The number of ether oxygens (including phenoxy) is 2. The largest absolute Gasteiger partial charge is 0.756 e. The molecule has 1 aromatic heterocycles. The van der Waals surface area contributed by atoms with Gasteiger partial charge in [0.25, 0.3) is 7.82 Å². The van der Waals surface area contributed by atoms with E-state index in [1.54, 1.807) is 0 Å². The summed E-state index contributed by atoms with van der Waals surface area (Å²) >= 11 is 0. The first-order valence-corrected chi connectivity index (χ1v) is 12.3. The smallest absolute Gasteiger partial charge is 0.351 e. The number of carboxylic acid groups (broad SMARTS) is 1. The summed E-state index contributed by atoms with van der Waals surface area (Å²) in [6.45, 7) is -2.17. The van der Waals surface area contributed by atoms with Crippen molar-refractivity contribution in [1.82, 2.24) is 21.9 Å². The highest BCUT2D eigenvalue weighted by Gasteiger charge is 2.53. The Morgan fingerprint density at radius 2 is 1.88 bits per heavy atom. The lowest BCUT2D eigenvalue weighted by Crippen LogP contribution is -2.66. The fourth-order valence-electron chi connectivity index (χ4n) is 3.87. The molecular formula is C18H34N5O16P. The predicted molar refractivity (Wildman–Crippen MR) is 124 cm³/mol. The van der Waals surface area contributed by atoms with Gasteiger partial charge in [-0.25, -0.2) is 4.79 Å². The molecule has 1 aromatic rings. The average molecular weight is 607 g/mol. The predicted octanol–water partition coefficient (Wildman–Crippen LogP) is -6.63. The molecule has 17 N–H and O–H groups in total. The lowest BCUT2D eigenvalue weighted by Gasteiger charge is -2.48. The van der Waals surface area contributed by atoms with E-state index in [2.05, 4.69) is 14.0 Å². The number of aliphatic hydroxyl groups excluding tert-OH is 7. The number of aliphatic carboxylic acids is 1. The number of nitrogens with two attached hydrogens (primary N) is 1. The van der Waals surface area contributed by atoms with Gasteiger partial charge in [0.2, 0.25) is 5.79 Å². The zero-order chi connectivity index (χ0) is 28.6. The number of aliphatic hydroxyl groups is 7. The molecule has 0 spiro atoms. The number of phosphoric acid groups is 1. The first kappa shape index (κ1) is 35.8. The van der Waals surface area contributed by atoms with Gasteiger partial charge in [-0.2, -0.15) is 4.98 Å². The molecule has 22 heteroatoms. The summed E-state index contributed by atoms with van der Waals surface area (Å²) in [4.78, 5) is 39.7. The molecular weight excluding hydrogens is 573 g/mol. The fraction of sp³-hybridized carbons (Fsp3) is 0.722. The van der Waals surface area contributed by atoms with Crippen LogP contribution in [0.1, 0.15) is 12.6 Å². The van der Waals surface area contributed by atoms with E-state index in [0.29, 0.717) is 0 Å². The van der Waals surface area contributed by atoms with Gasteiger partial charge in [-0.15, -0.1) is 0 Å². The van der Waals surface area contributed by atoms with Crippen molar-refractivity contribution in [2.45, 2.75) is 67.3 Å². The van der Waals surface area contributed by atoms with Crippen molar-refractivity contribution in [2.75, 3.05) is 18.9 Å². The van der Waals surface area contributed by atoms with Gasteiger partial charge in [0.1, 0.15) is 54.5 Å². The van der Waals surface area contributed by atoms with Crippen LogP contribution in [-0.4, -0.2) is 119 Å². The maximum absolute atomic E-state index is 12.5. The molecule has 11 atom stereocenters. The fourth-order valence-corrected chi connectivity index (χ4v) is 4.80. The maximum Gasteiger partial charge on any atom is 0.351 e. The summed E-state index contributed by atoms with van der Waals surface area (Å²) in [5.74, 6) is -5.91. The third kappa shape index (κ3) is 7.36. The molecule has 0 saturated carbocycles. The Hall–Kier alpha value is -2.18. The molecule has 2 aliphatic heterocycles. The molecule has 0 aromatic carbocycles. The van der Waals surface area contributed by atoms with Gasteiger partial charge < -0.3 is 82.6 Å². The summed E-state index contributed by atoms with van der Waals surface area (Å²) in [6.07, 6.45) is -17.4. The molecule has 0 bridgehead atoms. The van der Waals surface area contributed by atoms with Crippen LogP contribution >= 0.6 is 7.82 Å². The molecule has 2 aliphatic rings. The quantitative estimate of drug-likeness (QED) is 0.110. The Balaban J connectivity index is 0.00000400. The number of hydrogen-bond acceptors (Lipinski definition) is 18. The number of nitrogens with zero attached hydrogens (tertiary/aromatic N) is 2. The number of phosphoric ester groups is 1. The summed E-state index contributed by atoms with van der Waals surface area (Å²) in [5.41, 5.74) is 4.42. The van der Waals surface area contributed by atoms with Crippen molar-refractivity contribution in [1.29, 1.82) is 0 Å². The lowest BCUT2D eigenvalue weighted by atomic mass is 9.91. The first-order chi connectivity index (χ1) is 17.6. The van der Waals surface area contributed by atoms with Crippen LogP contribution in [0.4, 0.5) is 5.82 Å². The van der Waals surface area contributed by atoms with Gasteiger partial charge in [-0.1, -0.05) is 0 Å². The summed E-state index contributed by atoms with van der Waals surface area (Å²) < 4.78 is 32.5. The Labute approximate surface area is 224 Å². The van der Waals surface area contributed by atoms with Crippen LogP contribution in [-0.2, 0) is 27.9 Å². The monoisotopic (exact) mass is 607 g/mol. The summed E-state index contributed by atoms with van der Waals surface area (Å²) in [7, 11) is -5.77. The molecule has 3 heterocycles. The number of carbonyl (C=O) groups excluding carboxylic acids is 1. The van der Waals surface area contributed by atoms with Crippen LogP contribution in [0.3, 0.4) is 0 Å². The number of quaternary nitrogens is 2. The molecule has 40 heavy (non-hydrogen) atoms. The van der Waals surface area contributed by atoms with Gasteiger partial charge in [0.15, 0.2) is 6.23 Å². The second-order valence-electron chi connectivity index (χ2n) is 8.55. The SMILES string of the molecule is Nc1ccn([C@@H]2O[C@H](COP(=O)([O-])O[C@@]3(C(=O)[O-])C[C@H](O)[C@@H](O)[C@H]([C@H](O)[C@H](O)CO)O3)[C@@H](O)[C@H]2O)c(=O)n1.[NH4+].[NH4+]. The van der Waals surface area contributed by atoms with Crippen molar-refractivity contribution in [3.63, 3.8) is 0 Å². The van der Waals surface area contributed by atoms with E-state index >= 15 is 0 Å². The number of hydrogen-bond donors (Lipinski definition) is 10. The van der Waals surface area contributed by atoms with Gasteiger partial charge in [-0.05, 0) is 6.07 Å². The summed E-state index contributed by atoms with van der Waals surface area (Å²) in [6, 6.07) is 1.19. The van der Waals surface area contributed by atoms with Gasteiger partial charge in [0, 0.05) is 12.6 Å². The zero-order valence-corrected chi connectivity index (χ0v) is 22.1. The van der Waals surface area contributed by atoms with E-state index in [-0.39, 0.29) is 18.1 Å². The molecule has 2 saturated heterocycles.